The molecule has 2 atom stereocenters. The Kier molecular flexibility index (Phi) is 5.25. The lowest BCUT2D eigenvalue weighted by Crippen LogP contribution is -2.34. The smallest absolute Gasteiger partial charge is 0.0133 e. The van der Waals surface area contributed by atoms with Gasteiger partial charge in [-0.3, -0.25) is 0 Å². The van der Waals surface area contributed by atoms with Gasteiger partial charge in [-0.2, -0.15) is 0 Å². The zero-order valence-electron chi connectivity index (χ0n) is 11.9. The molecule has 1 nitrogen and oxygen atoms in total. The van der Waals surface area contributed by atoms with Gasteiger partial charge >= 0.3 is 0 Å². The van der Waals surface area contributed by atoms with E-state index in [-0.39, 0.29) is 0 Å². The topological polar surface area (TPSA) is 12.0 Å². The van der Waals surface area contributed by atoms with Gasteiger partial charge < -0.3 is 5.32 Å². The molecule has 18 heavy (non-hydrogen) atoms. The Balaban J connectivity index is 1.92. The van der Waals surface area contributed by atoms with Crippen molar-refractivity contribution in [1.82, 2.24) is 5.32 Å². The molecule has 0 saturated heterocycles. The van der Waals surface area contributed by atoms with Gasteiger partial charge in [0.05, 0.1) is 0 Å². The van der Waals surface area contributed by atoms with Crippen molar-refractivity contribution in [1.29, 1.82) is 0 Å². The molecule has 2 rings (SSSR count). The third kappa shape index (κ3) is 4.13. The van der Waals surface area contributed by atoms with Gasteiger partial charge in [0, 0.05) is 6.04 Å². The normalized spacial score (nSPS) is 18.6. The minimum Gasteiger partial charge on any atom is -0.313 e. The summed E-state index contributed by atoms with van der Waals surface area (Å²) in [5, 5.41) is 3.75. The van der Waals surface area contributed by atoms with E-state index >= 15 is 0 Å². The highest BCUT2D eigenvalue weighted by atomic mass is 14.9. The summed E-state index contributed by atoms with van der Waals surface area (Å²) < 4.78 is 0. The van der Waals surface area contributed by atoms with Crippen LogP contribution in [0.2, 0.25) is 0 Å². The largest absolute Gasteiger partial charge is 0.313 e. The summed E-state index contributed by atoms with van der Waals surface area (Å²) in [5.74, 6) is 1.66. The van der Waals surface area contributed by atoms with E-state index in [9.17, 15) is 0 Å². The molecule has 1 N–H and O–H groups in total. The highest BCUT2D eigenvalue weighted by Gasteiger charge is 2.24. The quantitative estimate of drug-likeness (QED) is 0.718. The minimum absolute atomic E-state index is 0.622. The van der Waals surface area contributed by atoms with Crippen LogP contribution in [0, 0.1) is 5.92 Å². The summed E-state index contributed by atoms with van der Waals surface area (Å²) in [6, 6.07) is 11.6. The van der Waals surface area contributed by atoms with E-state index in [2.05, 4.69) is 49.5 Å². The highest BCUT2D eigenvalue weighted by Crippen LogP contribution is 2.35. The van der Waals surface area contributed by atoms with Gasteiger partial charge in [-0.15, -0.1) is 0 Å². The fraction of sp³-hybridized carbons (Fsp3) is 0.647. The van der Waals surface area contributed by atoms with Gasteiger partial charge in [0.15, 0.2) is 0 Å². The second-order valence-electron chi connectivity index (χ2n) is 5.78. The molecule has 0 aromatic heterocycles. The van der Waals surface area contributed by atoms with Gasteiger partial charge in [0.25, 0.3) is 0 Å². The highest BCUT2D eigenvalue weighted by molar-refractivity contribution is 5.20. The molecular weight excluding hydrogens is 218 g/mol. The van der Waals surface area contributed by atoms with Crippen molar-refractivity contribution in [2.45, 2.75) is 57.9 Å². The van der Waals surface area contributed by atoms with Crippen molar-refractivity contribution in [3.63, 3.8) is 0 Å². The molecule has 1 saturated carbocycles. The number of rotatable bonds is 8. The van der Waals surface area contributed by atoms with Crippen LogP contribution < -0.4 is 5.32 Å². The maximum absolute atomic E-state index is 3.75. The number of nitrogens with one attached hydrogen (secondary N) is 1. The molecule has 1 heteroatoms. The van der Waals surface area contributed by atoms with Crippen LogP contribution in [-0.4, -0.2) is 12.6 Å². The number of benzene rings is 1. The number of hydrogen-bond acceptors (Lipinski definition) is 1. The summed E-state index contributed by atoms with van der Waals surface area (Å²) in [6.45, 7) is 5.76. The molecule has 0 bridgehead atoms. The molecule has 0 radical (unpaired) electrons. The second kappa shape index (κ2) is 6.94. The molecular formula is C17H27N. The van der Waals surface area contributed by atoms with Crippen LogP contribution in [0.3, 0.4) is 0 Å². The zero-order chi connectivity index (χ0) is 12.8. The predicted molar refractivity (Wildman–Crippen MR) is 78.9 cm³/mol. The first-order chi connectivity index (χ1) is 8.81. The van der Waals surface area contributed by atoms with E-state index in [1.807, 2.05) is 0 Å². The summed E-state index contributed by atoms with van der Waals surface area (Å²) in [5.41, 5.74) is 1.47. The third-order valence-electron chi connectivity index (χ3n) is 4.17. The van der Waals surface area contributed by atoms with Gasteiger partial charge in [0.2, 0.25) is 0 Å². The molecule has 0 amide bonds. The van der Waals surface area contributed by atoms with E-state index in [1.54, 1.807) is 0 Å². The van der Waals surface area contributed by atoms with Crippen LogP contribution in [0.1, 0.15) is 57.4 Å². The fourth-order valence-corrected chi connectivity index (χ4v) is 2.67. The maximum Gasteiger partial charge on any atom is 0.0133 e. The van der Waals surface area contributed by atoms with Gasteiger partial charge in [0.1, 0.15) is 0 Å². The van der Waals surface area contributed by atoms with E-state index in [1.165, 1.54) is 37.7 Å². The van der Waals surface area contributed by atoms with E-state index in [0.717, 1.165) is 12.5 Å². The lowest BCUT2D eigenvalue weighted by molar-refractivity contribution is 0.405. The van der Waals surface area contributed by atoms with Crippen molar-refractivity contribution in [2.24, 2.45) is 5.92 Å². The van der Waals surface area contributed by atoms with Crippen LogP contribution in [-0.2, 0) is 0 Å². The standard InChI is InChI=1S/C17H27N/c1-3-13-18-17(12-11-15-9-10-15)14(2)16-7-5-4-6-8-16/h4-8,14-15,17-18H,3,9-13H2,1-2H3. The Labute approximate surface area is 112 Å². The van der Waals surface area contributed by atoms with Crippen molar-refractivity contribution >= 4 is 0 Å². The first kappa shape index (κ1) is 13.6. The number of hydrogen-bond donors (Lipinski definition) is 1. The zero-order valence-corrected chi connectivity index (χ0v) is 11.9. The molecule has 1 fully saturated rings. The summed E-state index contributed by atoms with van der Waals surface area (Å²) in [6.07, 6.45) is 6.92. The lowest BCUT2D eigenvalue weighted by atomic mass is 9.89. The van der Waals surface area contributed by atoms with E-state index in [4.69, 9.17) is 0 Å². The molecule has 1 aliphatic carbocycles. The Morgan fingerprint density at radius 3 is 2.56 bits per heavy atom. The molecule has 2 unspecified atom stereocenters. The van der Waals surface area contributed by atoms with Crippen LogP contribution in [0.15, 0.2) is 30.3 Å². The third-order valence-corrected chi connectivity index (χ3v) is 4.17. The molecule has 1 aliphatic rings. The second-order valence-corrected chi connectivity index (χ2v) is 5.78. The Hall–Kier alpha value is -0.820. The lowest BCUT2D eigenvalue weighted by Gasteiger charge is -2.26. The monoisotopic (exact) mass is 245 g/mol. The Morgan fingerprint density at radius 1 is 1.22 bits per heavy atom. The Bertz CT molecular complexity index is 329. The summed E-state index contributed by atoms with van der Waals surface area (Å²) >= 11 is 0. The molecule has 100 valence electrons. The van der Waals surface area contributed by atoms with Crippen molar-refractivity contribution < 1.29 is 0 Å². The van der Waals surface area contributed by atoms with Gasteiger partial charge in [-0.25, -0.2) is 0 Å². The van der Waals surface area contributed by atoms with Crippen LogP contribution in [0.4, 0.5) is 0 Å². The molecule has 1 aromatic carbocycles. The van der Waals surface area contributed by atoms with E-state index in [0.29, 0.717) is 12.0 Å². The van der Waals surface area contributed by atoms with Crippen LogP contribution in [0.25, 0.3) is 0 Å². The SMILES string of the molecule is CCCNC(CCC1CC1)C(C)c1ccccc1. The van der Waals surface area contributed by atoms with Gasteiger partial charge in [-0.05, 0) is 43.2 Å². The summed E-state index contributed by atoms with van der Waals surface area (Å²) in [7, 11) is 0. The van der Waals surface area contributed by atoms with Crippen molar-refractivity contribution in [3.8, 4) is 0 Å². The fourth-order valence-electron chi connectivity index (χ4n) is 2.67. The molecule has 1 aromatic rings. The van der Waals surface area contributed by atoms with Crippen LogP contribution >= 0.6 is 0 Å². The predicted octanol–water partition coefficient (Wildman–Crippen LogP) is 4.35. The average Bonchev–Trinajstić information content (AvgIpc) is 3.23. The van der Waals surface area contributed by atoms with Crippen molar-refractivity contribution in [3.05, 3.63) is 35.9 Å². The summed E-state index contributed by atoms with van der Waals surface area (Å²) in [4.78, 5) is 0. The Morgan fingerprint density at radius 2 is 1.94 bits per heavy atom. The minimum atomic E-state index is 0.622. The average molecular weight is 245 g/mol. The first-order valence-electron chi connectivity index (χ1n) is 7.59. The molecule has 0 aliphatic heterocycles. The first-order valence-corrected chi connectivity index (χ1v) is 7.59. The van der Waals surface area contributed by atoms with Crippen LogP contribution in [0.5, 0.6) is 0 Å². The molecule has 0 heterocycles. The van der Waals surface area contributed by atoms with Crippen molar-refractivity contribution in [2.75, 3.05) is 6.54 Å². The maximum atomic E-state index is 3.75. The molecule has 0 spiro atoms. The van der Waals surface area contributed by atoms with E-state index < -0.39 is 0 Å². The van der Waals surface area contributed by atoms with Gasteiger partial charge in [-0.1, -0.05) is 57.0 Å².